The van der Waals surface area contributed by atoms with E-state index >= 15 is 0 Å². The number of nitrogens with zero attached hydrogens (tertiary/aromatic N) is 3. The third-order valence-corrected chi connectivity index (χ3v) is 3.54. The van der Waals surface area contributed by atoms with Gasteiger partial charge in [0.15, 0.2) is 0 Å². The summed E-state index contributed by atoms with van der Waals surface area (Å²) in [6.07, 6.45) is 3.90. The molecule has 1 amide bonds. The number of nitrogens with one attached hydrogen (secondary N) is 1. The molecule has 2 heterocycles. The van der Waals surface area contributed by atoms with Gasteiger partial charge >= 0.3 is 0 Å². The first-order valence-electron chi connectivity index (χ1n) is 6.94. The summed E-state index contributed by atoms with van der Waals surface area (Å²) in [7, 11) is 0. The number of anilines is 2. The van der Waals surface area contributed by atoms with Crippen molar-refractivity contribution in [2.24, 2.45) is 11.8 Å². The molecule has 1 aliphatic heterocycles. The summed E-state index contributed by atoms with van der Waals surface area (Å²) in [5.41, 5.74) is 0. The van der Waals surface area contributed by atoms with E-state index in [2.05, 4.69) is 27.1 Å². The second-order valence-corrected chi connectivity index (χ2v) is 5.57. The Morgan fingerprint density at radius 3 is 2.68 bits per heavy atom. The first-order chi connectivity index (χ1) is 9.06. The number of carbonyl (C=O) groups is 1. The van der Waals surface area contributed by atoms with Crippen molar-refractivity contribution in [1.29, 1.82) is 0 Å². The van der Waals surface area contributed by atoms with Crippen LogP contribution in [0.5, 0.6) is 0 Å². The van der Waals surface area contributed by atoms with Gasteiger partial charge in [0, 0.05) is 25.1 Å². The van der Waals surface area contributed by atoms with Gasteiger partial charge in [0.2, 0.25) is 5.91 Å². The Kier molecular flexibility index (Phi) is 4.35. The van der Waals surface area contributed by atoms with E-state index in [1.165, 1.54) is 19.2 Å². The van der Waals surface area contributed by atoms with Gasteiger partial charge in [0.05, 0.1) is 0 Å². The second kappa shape index (κ2) is 5.99. The van der Waals surface area contributed by atoms with Crippen molar-refractivity contribution in [3.63, 3.8) is 0 Å². The second-order valence-electron chi connectivity index (χ2n) is 5.57. The lowest BCUT2D eigenvalue weighted by Crippen LogP contribution is -2.33. The lowest BCUT2D eigenvalue weighted by Gasteiger charge is -2.31. The fraction of sp³-hybridized carbons (Fsp3) is 0.643. The minimum absolute atomic E-state index is 0.0167. The zero-order valence-corrected chi connectivity index (χ0v) is 11.9. The van der Waals surface area contributed by atoms with Crippen LogP contribution in [0.3, 0.4) is 0 Å². The number of aromatic nitrogens is 2. The zero-order chi connectivity index (χ0) is 13.8. The molecule has 1 aromatic rings. The number of hydrogen-bond donors (Lipinski definition) is 1. The molecule has 0 bridgehead atoms. The average molecular weight is 262 g/mol. The lowest BCUT2D eigenvalue weighted by atomic mass is 9.99. The van der Waals surface area contributed by atoms with Crippen LogP contribution in [-0.2, 0) is 4.79 Å². The Morgan fingerprint density at radius 2 is 2.05 bits per heavy atom. The molecule has 0 aromatic carbocycles. The Morgan fingerprint density at radius 1 is 1.37 bits per heavy atom. The molecule has 5 nitrogen and oxygen atoms in total. The molecule has 0 atom stereocenters. The van der Waals surface area contributed by atoms with Gasteiger partial charge in [-0.3, -0.25) is 4.79 Å². The van der Waals surface area contributed by atoms with Crippen molar-refractivity contribution in [2.45, 2.75) is 33.6 Å². The van der Waals surface area contributed by atoms with E-state index < -0.39 is 0 Å². The molecule has 0 saturated carbocycles. The van der Waals surface area contributed by atoms with Gasteiger partial charge in [-0.1, -0.05) is 20.8 Å². The van der Waals surface area contributed by atoms with Crippen LogP contribution in [0.1, 0.15) is 33.6 Å². The highest BCUT2D eigenvalue weighted by atomic mass is 16.1. The third kappa shape index (κ3) is 3.66. The number of piperidine rings is 1. The number of hydrogen-bond acceptors (Lipinski definition) is 4. The lowest BCUT2D eigenvalue weighted by molar-refractivity contribution is -0.118. The standard InChI is InChI=1S/C14H22N4O/c1-10(2)14(19)17-12-8-13(16-9-15-12)18-6-4-11(3)5-7-18/h8-11H,4-7H2,1-3H3,(H,15,16,17,19). The topological polar surface area (TPSA) is 58.1 Å². The van der Waals surface area contributed by atoms with Crippen LogP contribution in [0.4, 0.5) is 11.6 Å². The number of rotatable bonds is 3. The minimum Gasteiger partial charge on any atom is -0.356 e. The highest BCUT2D eigenvalue weighted by Gasteiger charge is 2.17. The van der Waals surface area contributed by atoms with Gasteiger partial charge in [0.25, 0.3) is 0 Å². The summed E-state index contributed by atoms with van der Waals surface area (Å²) in [5.74, 6) is 2.22. The van der Waals surface area contributed by atoms with Crippen molar-refractivity contribution >= 4 is 17.5 Å². The molecule has 1 fully saturated rings. The summed E-state index contributed by atoms with van der Waals surface area (Å²) in [6.45, 7) is 8.06. The molecule has 1 N–H and O–H groups in total. The number of carbonyl (C=O) groups excluding carboxylic acids is 1. The molecule has 0 radical (unpaired) electrons. The van der Waals surface area contributed by atoms with E-state index in [0.29, 0.717) is 5.82 Å². The zero-order valence-electron chi connectivity index (χ0n) is 11.9. The molecule has 104 valence electrons. The van der Waals surface area contributed by atoms with Gasteiger partial charge in [-0.05, 0) is 18.8 Å². The van der Waals surface area contributed by atoms with Gasteiger partial charge in [0.1, 0.15) is 18.0 Å². The fourth-order valence-electron chi connectivity index (χ4n) is 2.10. The van der Waals surface area contributed by atoms with Crippen LogP contribution in [0.15, 0.2) is 12.4 Å². The van der Waals surface area contributed by atoms with Gasteiger partial charge in [-0.25, -0.2) is 9.97 Å². The van der Waals surface area contributed by atoms with Crippen molar-refractivity contribution in [3.05, 3.63) is 12.4 Å². The van der Waals surface area contributed by atoms with E-state index in [1.54, 1.807) is 0 Å². The average Bonchev–Trinajstić information content (AvgIpc) is 2.39. The first kappa shape index (κ1) is 13.8. The van der Waals surface area contributed by atoms with Crippen LogP contribution in [-0.4, -0.2) is 29.0 Å². The molecule has 19 heavy (non-hydrogen) atoms. The molecule has 0 unspecified atom stereocenters. The smallest absolute Gasteiger partial charge is 0.228 e. The normalized spacial score (nSPS) is 16.7. The monoisotopic (exact) mass is 262 g/mol. The summed E-state index contributed by atoms with van der Waals surface area (Å²) in [4.78, 5) is 22.3. The van der Waals surface area contributed by atoms with Gasteiger partial charge in [-0.2, -0.15) is 0 Å². The maximum atomic E-state index is 11.7. The minimum atomic E-state index is -0.0470. The van der Waals surface area contributed by atoms with E-state index in [4.69, 9.17) is 0 Å². The predicted molar refractivity (Wildman–Crippen MR) is 76.1 cm³/mol. The molecule has 5 heteroatoms. The fourth-order valence-corrected chi connectivity index (χ4v) is 2.10. The molecule has 1 aliphatic rings. The highest BCUT2D eigenvalue weighted by Crippen LogP contribution is 2.22. The van der Waals surface area contributed by atoms with Crippen molar-refractivity contribution in [3.8, 4) is 0 Å². The Balaban J connectivity index is 2.04. The third-order valence-electron chi connectivity index (χ3n) is 3.54. The van der Waals surface area contributed by atoms with Crippen LogP contribution < -0.4 is 10.2 Å². The largest absolute Gasteiger partial charge is 0.356 e. The van der Waals surface area contributed by atoms with Gasteiger partial charge in [-0.15, -0.1) is 0 Å². The first-order valence-corrected chi connectivity index (χ1v) is 6.94. The summed E-state index contributed by atoms with van der Waals surface area (Å²) >= 11 is 0. The molecule has 0 aliphatic carbocycles. The highest BCUT2D eigenvalue weighted by molar-refractivity contribution is 5.91. The van der Waals surface area contributed by atoms with Crippen molar-refractivity contribution in [2.75, 3.05) is 23.3 Å². The van der Waals surface area contributed by atoms with Crippen LogP contribution in [0.2, 0.25) is 0 Å². The van der Waals surface area contributed by atoms with Crippen LogP contribution in [0.25, 0.3) is 0 Å². The SMILES string of the molecule is CC1CCN(c2cc(NC(=O)C(C)C)ncn2)CC1. The quantitative estimate of drug-likeness (QED) is 0.908. The Labute approximate surface area is 114 Å². The number of amides is 1. The van der Waals surface area contributed by atoms with E-state index in [9.17, 15) is 4.79 Å². The van der Waals surface area contributed by atoms with Crippen LogP contribution >= 0.6 is 0 Å². The molecule has 1 saturated heterocycles. The molecule has 2 rings (SSSR count). The summed E-state index contributed by atoms with van der Waals surface area (Å²) in [5, 5.41) is 2.81. The molecular weight excluding hydrogens is 240 g/mol. The molecule has 0 spiro atoms. The van der Waals surface area contributed by atoms with Crippen molar-refractivity contribution in [1.82, 2.24) is 9.97 Å². The maximum absolute atomic E-state index is 11.7. The van der Waals surface area contributed by atoms with Gasteiger partial charge < -0.3 is 10.2 Å². The van der Waals surface area contributed by atoms with Crippen LogP contribution in [0, 0.1) is 11.8 Å². The van der Waals surface area contributed by atoms with E-state index in [1.807, 2.05) is 19.9 Å². The van der Waals surface area contributed by atoms with E-state index in [0.717, 1.165) is 24.8 Å². The molecular formula is C14H22N4O. The Bertz CT molecular complexity index is 439. The summed E-state index contributed by atoms with van der Waals surface area (Å²) < 4.78 is 0. The predicted octanol–water partition coefficient (Wildman–Crippen LogP) is 2.31. The summed E-state index contributed by atoms with van der Waals surface area (Å²) in [6, 6.07) is 1.86. The van der Waals surface area contributed by atoms with E-state index in [-0.39, 0.29) is 11.8 Å². The van der Waals surface area contributed by atoms with Crippen molar-refractivity contribution < 1.29 is 4.79 Å². The Hall–Kier alpha value is -1.65. The maximum Gasteiger partial charge on any atom is 0.228 e. The molecule has 1 aromatic heterocycles.